The summed E-state index contributed by atoms with van der Waals surface area (Å²) in [5.41, 5.74) is 3.86. The molecule has 0 bridgehead atoms. The van der Waals surface area contributed by atoms with Crippen molar-refractivity contribution in [2.75, 3.05) is 0 Å². The van der Waals surface area contributed by atoms with Crippen LogP contribution in [0.4, 0.5) is 8.78 Å². The van der Waals surface area contributed by atoms with Gasteiger partial charge in [-0.3, -0.25) is 0 Å². The Hall–Kier alpha value is -2.47. The van der Waals surface area contributed by atoms with Gasteiger partial charge in [-0.05, 0) is 60.1 Å². The first kappa shape index (κ1) is 17.4. The zero-order valence-corrected chi connectivity index (χ0v) is 14.4. The number of fused-ring (bicyclic) bond motifs is 1. The third-order valence-corrected chi connectivity index (χ3v) is 4.82. The number of allylic oxidation sites excluding steroid dienone is 1. The molecule has 128 valence electrons. The molecule has 0 N–H and O–H groups in total. The quantitative estimate of drug-likeness (QED) is 0.609. The average Bonchev–Trinajstić information content (AvgIpc) is 2.62. The monoisotopic (exact) mass is 337 g/mol. The van der Waals surface area contributed by atoms with E-state index in [1.807, 2.05) is 24.3 Å². The second kappa shape index (κ2) is 7.61. The molecule has 3 rings (SSSR count). The summed E-state index contributed by atoms with van der Waals surface area (Å²) in [4.78, 5) is 0. The molecule has 0 unspecified atom stereocenters. The van der Waals surface area contributed by atoms with E-state index in [9.17, 15) is 8.78 Å². The van der Waals surface area contributed by atoms with Gasteiger partial charge in [0.2, 0.25) is 0 Å². The number of halogens is 2. The van der Waals surface area contributed by atoms with Gasteiger partial charge in [-0.25, -0.2) is 8.78 Å². The predicted octanol–water partition coefficient (Wildman–Crippen LogP) is 6.06. The molecular formula is C22H21F2N. The van der Waals surface area contributed by atoms with Crippen molar-refractivity contribution in [1.82, 2.24) is 0 Å². The second-order valence-corrected chi connectivity index (χ2v) is 6.55. The fraction of sp³-hybridized carbons (Fsp3) is 0.318. The van der Waals surface area contributed by atoms with E-state index in [0.29, 0.717) is 24.0 Å². The standard InChI is InChI=1S/C22H21F2N/c1-2-3-4-5-15-6-10-19(21(23)12-15)16-9-11-20-17(13-16)7-8-18(14-25)22(20)24/h6-8,10,12-13H,2-5,9,11H2,1H3. The number of hydrogen-bond donors (Lipinski definition) is 0. The van der Waals surface area contributed by atoms with Crippen LogP contribution in [0, 0.1) is 23.0 Å². The molecule has 0 aliphatic heterocycles. The van der Waals surface area contributed by atoms with Gasteiger partial charge >= 0.3 is 0 Å². The van der Waals surface area contributed by atoms with Crippen molar-refractivity contribution in [1.29, 1.82) is 5.26 Å². The molecule has 2 aromatic rings. The summed E-state index contributed by atoms with van der Waals surface area (Å²) in [6.45, 7) is 2.15. The number of nitrogens with zero attached hydrogens (tertiary/aromatic N) is 1. The number of aryl methyl sites for hydroxylation is 1. The first-order valence-electron chi connectivity index (χ1n) is 8.85. The van der Waals surface area contributed by atoms with Crippen LogP contribution in [-0.4, -0.2) is 0 Å². The number of benzene rings is 2. The van der Waals surface area contributed by atoms with E-state index in [4.69, 9.17) is 5.26 Å². The van der Waals surface area contributed by atoms with Gasteiger partial charge < -0.3 is 0 Å². The molecule has 0 fully saturated rings. The summed E-state index contributed by atoms with van der Waals surface area (Å²) in [5, 5.41) is 8.93. The molecule has 0 atom stereocenters. The van der Waals surface area contributed by atoms with Gasteiger partial charge in [0.25, 0.3) is 0 Å². The van der Waals surface area contributed by atoms with E-state index in [-0.39, 0.29) is 11.4 Å². The van der Waals surface area contributed by atoms with Crippen molar-refractivity contribution >= 4 is 11.6 Å². The molecule has 0 amide bonds. The van der Waals surface area contributed by atoms with Crippen LogP contribution < -0.4 is 0 Å². The number of hydrogen-bond acceptors (Lipinski definition) is 1. The van der Waals surface area contributed by atoms with Crippen LogP contribution >= 0.6 is 0 Å². The van der Waals surface area contributed by atoms with Crippen LogP contribution in [0.3, 0.4) is 0 Å². The lowest BCUT2D eigenvalue weighted by Crippen LogP contribution is -2.05. The molecule has 0 heterocycles. The maximum Gasteiger partial charge on any atom is 0.144 e. The lowest BCUT2D eigenvalue weighted by Gasteiger charge is -2.18. The summed E-state index contributed by atoms with van der Waals surface area (Å²) in [7, 11) is 0. The largest absolute Gasteiger partial charge is 0.206 e. The summed E-state index contributed by atoms with van der Waals surface area (Å²) >= 11 is 0. The maximum atomic E-state index is 14.6. The first-order chi connectivity index (χ1) is 12.1. The average molecular weight is 337 g/mol. The van der Waals surface area contributed by atoms with Gasteiger partial charge in [-0.2, -0.15) is 5.26 Å². The molecule has 25 heavy (non-hydrogen) atoms. The maximum absolute atomic E-state index is 14.6. The van der Waals surface area contributed by atoms with Crippen molar-refractivity contribution in [2.45, 2.75) is 45.4 Å². The smallest absolute Gasteiger partial charge is 0.144 e. The summed E-state index contributed by atoms with van der Waals surface area (Å²) in [5.74, 6) is -0.653. The molecule has 2 aromatic carbocycles. The second-order valence-electron chi connectivity index (χ2n) is 6.55. The van der Waals surface area contributed by atoms with Gasteiger partial charge in [-0.1, -0.05) is 44.0 Å². The van der Waals surface area contributed by atoms with Crippen molar-refractivity contribution in [3.63, 3.8) is 0 Å². The van der Waals surface area contributed by atoms with Crippen molar-refractivity contribution < 1.29 is 8.78 Å². The number of nitriles is 1. The topological polar surface area (TPSA) is 23.8 Å². The van der Waals surface area contributed by atoms with Gasteiger partial charge in [0.15, 0.2) is 0 Å². The Morgan fingerprint density at radius 2 is 1.92 bits per heavy atom. The number of unbranched alkanes of at least 4 members (excludes halogenated alkanes) is 2. The minimum atomic E-state index is -0.443. The van der Waals surface area contributed by atoms with Crippen LogP contribution in [0.2, 0.25) is 0 Å². The molecule has 1 nitrogen and oxygen atoms in total. The minimum absolute atomic E-state index is 0.0678. The van der Waals surface area contributed by atoms with Crippen molar-refractivity contribution in [3.05, 3.63) is 69.8 Å². The zero-order chi connectivity index (χ0) is 17.8. The minimum Gasteiger partial charge on any atom is -0.206 e. The van der Waals surface area contributed by atoms with E-state index in [0.717, 1.165) is 42.4 Å². The molecule has 0 spiro atoms. The van der Waals surface area contributed by atoms with Gasteiger partial charge in [0.05, 0.1) is 5.56 Å². The molecule has 1 aliphatic rings. The third-order valence-electron chi connectivity index (χ3n) is 4.82. The van der Waals surface area contributed by atoms with Crippen LogP contribution in [0.25, 0.3) is 11.6 Å². The van der Waals surface area contributed by atoms with Crippen molar-refractivity contribution in [2.24, 2.45) is 0 Å². The molecular weight excluding hydrogens is 316 g/mol. The Kier molecular flexibility index (Phi) is 5.28. The summed E-state index contributed by atoms with van der Waals surface area (Å²) in [6, 6.07) is 10.6. The van der Waals surface area contributed by atoms with Gasteiger partial charge in [0, 0.05) is 5.56 Å². The van der Waals surface area contributed by atoms with E-state index in [1.165, 1.54) is 6.07 Å². The van der Waals surface area contributed by atoms with Crippen LogP contribution in [0.15, 0.2) is 30.3 Å². The van der Waals surface area contributed by atoms with E-state index in [1.54, 1.807) is 12.1 Å². The Bertz CT molecular complexity index is 859. The zero-order valence-electron chi connectivity index (χ0n) is 14.4. The Morgan fingerprint density at radius 1 is 1.08 bits per heavy atom. The highest BCUT2D eigenvalue weighted by molar-refractivity contribution is 5.85. The van der Waals surface area contributed by atoms with E-state index in [2.05, 4.69) is 6.92 Å². The lowest BCUT2D eigenvalue weighted by atomic mass is 9.87. The lowest BCUT2D eigenvalue weighted by molar-refractivity contribution is 0.603. The Morgan fingerprint density at radius 3 is 2.64 bits per heavy atom. The van der Waals surface area contributed by atoms with E-state index >= 15 is 0 Å². The van der Waals surface area contributed by atoms with Crippen molar-refractivity contribution in [3.8, 4) is 6.07 Å². The summed E-state index contributed by atoms with van der Waals surface area (Å²) < 4.78 is 28.8. The Labute approximate surface area is 147 Å². The van der Waals surface area contributed by atoms with Gasteiger partial charge in [-0.15, -0.1) is 0 Å². The normalized spacial score (nSPS) is 13.1. The highest BCUT2D eigenvalue weighted by atomic mass is 19.1. The molecule has 0 radical (unpaired) electrons. The highest BCUT2D eigenvalue weighted by Crippen LogP contribution is 2.34. The molecule has 0 aromatic heterocycles. The number of rotatable bonds is 5. The fourth-order valence-corrected chi connectivity index (χ4v) is 3.40. The van der Waals surface area contributed by atoms with Gasteiger partial charge in [0.1, 0.15) is 17.7 Å². The summed E-state index contributed by atoms with van der Waals surface area (Å²) in [6.07, 6.45) is 7.18. The molecule has 3 heteroatoms. The highest BCUT2D eigenvalue weighted by Gasteiger charge is 2.19. The van der Waals surface area contributed by atoms with Crippen LogP contribution in [0.1, 0.15) is 60.4 Å². The third kappa shape index (κ3) is 3.64. The molecule has 0 saturated heterocycles. The fourth-order valence-electron chi connectivity index (χ4n) is 3.40. The predicted molar refractivity (Wildman–Crippen MR) is 96.9 cm³/mol. The molecule has 0 saturated carbocycles. The SMILES string of the molecule is CCCCCc1ccc(C2=Cc3ccc(C#N)c(F)c3CC2)c(F)c1. The first-order valence-corrected chi connectivity index (χ1v) is 8.85. The Balaban J connectivity index is 1.88. The van der Waals surface area contributed by atoms with Crippen LogP contribution in [-0.2, 0) is 12.8 Å². The van der Waals surface area contributed by atoms with Crippen LogP contribution in [0.5, 0.6) is 0 Å². The molecule has 1 aliphatic carbocycles. The van der Waals surface area contributed by atoms with E-state index < -0.39 is 5.82 Å².